The predicted molar refractivity (Wildman–Crippen MR) is 116 cm³/mol. The van der Waals surface area contributed by atoms with Gasteiger partial charge in [-0.15, -0.1) is 21.5 Å². The fraction of sp³-hybridized carbons (Fsp3) is 0.143. The van der Waals surface area contributed by atoms with E-state index in [1.165, 1.54) is 17.4 Å². The van der Waals surface area contributed by atoms with Crippen LogP contribution in [0.3, 0.4) is 0 Å². The zero-order chi connectivity index (χ0) is 22.0. The number of thioether (sulfide) groups is 1. The fourth-order valence-electron chi connectivity index (χ4n) is 2.68. The maximum atomic E-state index is 13.4. The van der Waals surface area contributed by atoms with E-state index < -0.39 is 16.9 Å². The third kappa shape index (κ3) is 4.97. The van der Waals surface area contributed by atoms with Gasteiger partial charge in [0, 0.05) is 16.5 Å². The van der Waals surface area contributed by atoms with Crippen LogP contribution in [0.5, 0.6) is 0 Å². The molecule has 1 unspecified atom stereocenters. The van der Waals surface area contributed by atoms with E-state index in [0.29, 0.717) is 22.3 Å². The number of hydrogen-bond acceptors (Lipinski definition) is 7. The number of benzene rings is 2. The van der Waals surface area contributed by atoms with Crippen molar-refractivity contribution in [3.05, 3.63) is 65.0 Å². The van der Waals surface area contributed by atoms with Gasteiger partial charge in [0.05, 0.1) is 10.9 Å². The van der Waals surface area contributed by atoms with Crippen molar-refractivity contribution in [2.75, 3.05) is 5.32 Å². The summed E-state index contributed by atoms with van der Waals surface area (Å²) in [6.07, 6.45) is 0. The minimum Gasteiger partial charge on any atom is -0.411 e. The normalized spacial score (nSPS) is 12.0. The quantitative estimate of drug-likeness (QED) is 0.381. The third-order valence-corrected chi connectivity index (χ3v) is 5.96. The number of amides is 1. The molecule has 0 radical (unpaired) electrons. The summed E-state index contributed by atoms with van der Waals surface area (Å²) in [4.78, 5) is 16.8. The summed E-state index contributed by atoms with van der Waals surface area (Å²) < 4.78 is 32.2. The van der Waals surface area contributed by atoms with Gasteiger partial charge in [0.25, 0.3) is 5.22 Å². The molecule has 2 aromatic carbocycles. The van der Waals surface area contributed by atoms with Crippen LogP contribution in [-0.2, 0) is 4.79 Å². The Hall–Kier alpha value is -3.11. The Kier molecular flexibility index (Phi) is 6.10. The molecule has 0 aliphatic carbocycles. The molecule has 4 rings (SSSR count). The molecule has 1 N–H and O–H groups in total. The highest BCUT2D eigenvalue weighted by Gasteiger charge is 2.20. The van der Waals surface area contributed by atoms with Gasteiger partial charge in [-0.3, -0.25) is 4.79 Å². The van der Waals surface area contributed by atoms with Crippen LogP contribution in [0, 0.1) is 18.6 Å². The lowest BCUT2D eigenvalue weighted by Gasteiger charge is -2.07. The molecule has 6 nitrogen and oxygen atoms in total. The topological polar surface area (TPSA) is 80.9 Å². The van der Waals surface area contributed by atoms with E-state index in [9.17, 15) is 13.6 Å². The molecule has 2 aromatic heterocycles. The number of nitrogens with zero attached hydrogens (tertiary/aromatic N) is 3. The lowest BCUT2D eigenvalue weighted by Crippen LogP contribution is -2.22. The van der Waals surface area contributed by atoms with E-state index in [1.54, 1.807) is 12.3 Å². The average Bonchev–Trinajstić information content (AvgIpc) is 3.40. The summed E-state index contributed by atoms with van der Waals surface area (Å²) in [5.41, 5.74) is 2.75. The molecule has 1 amide bonds. The van der Waals surface area contributed by atoms with Crippen molar-refractivity contribution in [3.63, 3.8) is 0 Å². The summed E-state index contributed by atoms with van der Waals surface area (Å²) in [5, 5.41) is 12.5. The summed E-state index contributed by atoms with van der Waals surface area (Å²) in [5.74, 6) is -1.79. The Bertz CT molecular complexity index is 1240. The summed E-state index contributed by atoms with van der Waals surface area (Å²) in [6.45, 7) is 3.68. The van der Waals surface area contributed by atoms with E-state index in [4.69, 9.17) is 4.42 Å². The van der Waals surface area contributed by atoms with Crippen molar-refractivity contribution < 1.29 is 18.0 Å². The standard InChI is InChI=1S/C21H16F2N4O2S2/c1-11-4-3-5-14(8-11)19-26-27-21(29-19)31-12(2)18(28)25-20-24-17(10-30-20)13-6-7-15(22)16(23)9-13/h3-10,12H,1-2H3,(H,24,25,28). The van der Waals surface area contributed by atoms with Gasteiger partial charge in [-0.1, -0.05) is 29.5 Å². The SMILES string of the molecule is Cc1cccc(-c2nnc(SC(C)C(=O)Nc3nc(-c4ccc(F)c(F)c4)cs3)o2)c1. The van der Waals surface area contributed by atoms with E-state index >= 15 is 0 Å². The first-order valence-corrected chi connectivity index (χ1v) is 10.9. The Morgan fingerprint density at radius 2 is 1.97 bits per heavy atom. The van der Waals surface area contributed by atoms with Crippen LogP contribution in [-0.4, -0.2) is 26.3 Å². The fourth-order valence-corrected chi connectivity index (χ4v) is 4.09. The highest BCUT2D eigenvalue weighted by molar-refractivity contribution is 8.00. The Labute approximate surface area is 184 Å². The van der Waals surface area contributed by atoms with Crippen LogP contribution in [0.25, 0.3) is 22.7 Å². The number of aryl methyl sites for hydroxylation is 1. The molecule has 1 atom stereocenters. The first-order valence-electron chi connectivity index (χ1n) is 9.18. The van der Waals surface area contributed by atoms with Gasteiger partial charge in [-0.05, 0) is 44.2 Å². The van der Waals surface area contributed by atoms with Crippen LogP contribution in [0.1, 0.15) is 12.5 Å². The van der Waals surface area contributed by atoms with Crippen LogP contribution < -0.4 is 5.32 Å². The van der Waals surface area contributed by atoms with Gasteiger partial charge in [0.2, 0.25) is 11.8 Å². The lowest BCUT2D eigenvalue weighted by molar-refractivity contribution is -0.115. The first kappa shape index (κ1) is 21.1. The maximum Gasteiger partial charge on any atom is 0.277 e. The molecule has 4 aromatic rings. The minimum absolute atomic E-state index is 0.278. The molecule has 0 aliphatic heterocycles. The highest BCUT2D eigenvalue weighted by atomic mass is 32.2. The number of carbonyl (C=O) groups excluding carboxylic acids is 1. The van der Waals surface area contributed by atoms with E-state index in [0.717, 1.165) is 35.0 Å². The number of anilines is 1. The molecule has 0 fully saturated rings. The first-order chi connectivity index (χ1) is 14.9. The maximum absolute atomic E-state index is 13.4. The highest BCUT2D eigenvalue weighted by Crippen LogP contribution is 2.29. The Balaban J connectivity index is 1.39. The van der Waals surface area contributed by atoms with Crippen LogP contribution in [0.4, 0.5) is 13.9 Å². The van der Waals surface area contributed by atoms with Crippen molar-refractivity contribution >= 4 is 34.1 Å². The molecule has 0 bridgehead atoms. The second-order valence-corrected chi connectivity index (χ2v) is 8.81. The van der Waals surface area contributed by atoms with E-state index in [-0.39, 0.29) is 11.1 Å². The number of rotatable bonds is 6. The number of nitrogens with one attached hydrogen (secondary N) is 1. The van der Waals surface area contributed by atoms with Crippen molar-refractivity contribution in [2.24, 2.45) is 0 Å². The summed E-state index contributed by atoms with van der Waals surface area (Å²) in [6, 6.07) is 11.2. The molecule has 2 heterocycles. The average molecular weight is 459 g/mol. The number of aromatic nitrogens is 3. The van der Waals surface area contributed by atoms with Crippen molar-refractivity contribution in [2.45, 2.75) is 24.3 Å². The lowest BCUT2D eigenvalue weighted by atomic mass is 10.1. The van der Waals surface area contributed by atoms with Gasteiger partial charge in [0.1, 0.15) is 0 Å². The number of thiazole rings is 1. The number of halogens is 2. The molecule has 31 heavy (non-hydrogen) atoms. The zero-order valence-corrected chi connectivity index (χ0v) is 18.1. The van der Waals surface area contributed by atoms with Crippen LogP contribution >= 0.6 is 23.1 Å². The van der Waals surface area contributed by atoms with E-state index in [2.05, 4.69) is 20.5 Å². The van der Waals surface area contributed by atoms with Gasteiger partial charge in [0.15, 0.2) is 16.8 Å². The van der Waals surface area contributed by atoms with Crippen LogP contribution in [0.15, 0.2) is 57.5 Å². The molecule has 158 valence electrons. The Morgan fingerprint density at radius 1 is 1.13 bits per heavy atom. The van der Waals surface area contributed by atoms with Gasteiger partial charge >= 0.3 is 0 Å². The van der Waals surface area contributed by atoms with Crippen molar-refractivity contribution in [1.29, 1.82) is 0 Å². The number of hydrogen-bond donors (Lipinski definition) is 1. The monoisotopic (exact) mass is 458 g/mol. The summed E-state index contributed by atoms with van der Waals surface area (Å²) >= 11 is 2.32. The largest absolute Gasteiger partial charge is 0.411 e. The van der Waals surface area contributed by atoms with Crippen molar-refractivity contribution in [1.82, 2.24) is 15.2 Å². The molecular formula is C21H16F2N4O2S2. The van der Waals surface area contributed by atoms with Gasteiger partial charge in [-0.2, -0.15) is 0 Å². The van der Waals surface area contributed by atoms with E-state index in [1.807, 2.05) is 31.2 Å². The third-order valence-electron chi connectivity index (χ3n) is 4.27. The summed E-state index contributed by atoms with van der Waals surface area (Å²) in [7, 11) is 0. The van der Waals surface area contributed by atoms with Crippen LogP contribution in [0.2, 0.25) is 0 Å². The molecular weight excluding hydrogens is 442 g/mol. The second-order valence-electron chi connectivity index (χ2n) is 6.66. The van der Waals surface area contributed by atoms with Gasteiger partial charge in [-0.25, -0.2) is 13.8 Å². The Morgan fingerprint density at radius 3 is 2.74 bits per heavy atom. The molecule has 0 saturated heterocycles. The molecule has 0 saturated carbocycles. The minimum atomic E-state index is -0.953. The smallest absolute Gasteiger partial charge is 0.277 e. The zero-order valence-electron chi connectivity index (χ0n) is 16.4. The second kappa shape index (κ2) is 8.94. The predicted octanol–water partition coefficient (Wildman–Crippen LogP) is 5.57. The van der Waals surface area contributed by atoms with Gasteiger partial charge < -0.3 is 9.73 Å². The van der Waals surface area contributed by atoms with Crippen molar-refractivity contribution in [3.8, 4) is 22.7 Å². The molecule has 0 spiro atoms. The number of carbonyl (C=O) groups is 1. The molecule has 10 heteroatoms. The molecule has 0 aliphatic rings.